The van der Waals surface area contributed by atoms with Crippen molar-refractivity contribution in [2.45, 2.75) is 37.4 Å². The van der Waals surface area contributed by atoms with E-state index in [0.29, 0.717) is 10.8 Å². The highest BCUT2D eigenvalue weighted by Crippen LogP contribution is 2.44. The predicted molar refractivity (Wildman–Crippen MR) is 70.2 cm³/mol. The molecule has 90 valence electrons. The molecule has 1 fully saturated rings. The molecule has 0 saturated heterocycles. The lowest BCUT2D eigenvalue weighted by atomic mass is 9.76. The molecule has 1 aromatic heterocycles. The van der Waals surface area contributed by atoms with Gasteiger partial charge in [-0.15, -0.1) is 11.3 Å². The van der Waals surface area contributed by atoms with Gasteiger partial charge in [0.25, 0.3) is 0 Å². The highest BCUT2D eigenvalue weighted by atomic mass is 79.9. The van der Waals surface area contributed by atoms with Crippen LogP contribution >= 0.6 is 38.9 Å². The van der Waals surface area contributed by atoms with Crippen molar-refractivity contribution >= 4 is 38.9 Å². The molecular formula is C11H14BrClO2S. The van der Waals surface area contributed by atoms with Crippen molar-refractivity contribution < 1.29 is 9.84 Å². The van der Waals surface area contributed by atoms with Gasteiger partial charge in [-0.3, -0.25) is 0 Å². The molecule has 0 spiro atoms. The Labute approximate surface area is 113 Å². The van der Waals surface area contributed by atoms with Gasteiger partial charge in [0.05, 0.1) is 11.7 Å². The molecule has 1 N–H and O–H groups in total. The third-order valence-corrected chi connectivity index (χ3v) is 5.83. The van der Waals surface area contributed by atoms with E-state index in [4.69, 9.17) is 16.3 Å². The summed E-state index contributed by atoms with van der Waals surface area (Å²) in [7, 11) is 1.73. The zero-order valence-electron chi connectivity index (χ0n) is 9.00. The van der Waals surface area contributed by atoms with E-state index in [1.54, 1.807) is 7.11 Å². The van der Waals surface area contributed by atoms with E-state index in [1.165, 1.54) is 17.8 Å². The summed E-state index contributed by atoms with van der Waals surface area (Å²) in [6, 6.07) is 1.89. The first kappa shape index (κ1) is 12.8. The monoisotopic (exact) mass is 324 g/mol. The van der Waals surface area contributed by atoms with Crippen LogP contribution in [0.25, 0.3) is 0 Å². The zero-order valence-corrected chi connectivity index (χ0v) is 12.2. The molecule has 5 heteroatoms. The summed E-state index contributed by atoms with van der Waals surface area (Å²) in [5, 5.41) is 10.1. The maximum absolute atomic E-state index is 10.1. The van der Waals surface area contributed by atoms with Crippen molar-refractivity contribution in [3.63, 3.8) is 0 Å². The topological polar surface area (TPSA) is 29.5 Å². The summed E-state index contributed by atoms with van der Waals surface area (Å²) >= 11 is 10.7. The van der Waals surface area contributed by atoms with Crippen molar-refractivity contribution in [3.8, 4) is 0 Å². The number of hydrogen-bond donors (Lipinski definition) is 1. The van der Waals surface area contributed by atoms with Crippen LogP contribution in [0.15, 0.2) is 10.5 Å². The molecule has 1 saturated carbocycles. The zero-order chi connectivity index (χ0) is 11.8. The molecule has 2 rings (SSSR count). The van der Waals surface area contributed by atoms with Gasteiger partial charge in [-0.1, -0.05) is 11.6 Å². The van der Waals surface area contributed by atoms with Crippen molar-refractivity contribution in [2.24, 2.45) is 0 Å². The van der Waals surface area contributed by atoms with E-state index in [0.717, 1.165) is 22.2 Å². The molecule has 1 atom stereocenters. The van der Waals surface area contributed by atoms with E-state index in [2.05, 4.69) is 15.9 Å². The molecular weight excluding hydrogens is 312 g/mol. The first-order valence-corrected chi connectivity index (χ1v) is 7.23. The number of halogens is 2. The fourth-order valence-corrected chi connectivity index (χ4v) is 3.77. The smallest absolute Gasteiger partial charge is 0.107 e. The van der Waals surface area contributed by atoms with Gasteiger partial charge in [0.2, 0.25) is 0 Å². The van der Waals surface area contributed by atoms with E-state index in [9.17, 15) is 5.11 Å². The Morgan fingerprint density at radius 1 is 1.69 bits per heavy atom. The van der Waals surface area contributed by atoms with Gasteiger partial charge in [-0.25, -0.2) is 0 Å². The SMILES string of the molecule is COC1(CC(O)c2cc(Br)c(Cl)s2)CCC1. The fourth-order valence-electron chi connectivity index (χ4n) is 2.04. The Kier molecular flexibility index (Phi) is 3.97. The largest absolute Gasteiger partial charge is 0.387 e. The average molecular weight is 326 g/mol. The van der Waals surface area contributed by atoms with Crippen LogP contribution in [-0.4, -0.2) is 17.8 Å². The molecule has 1 aliphatic rings. The highest BCUT2D eigenvalue weighted by molar-refractivity contribution is 9.10. The van der Waals surface area contributed by atoms with Crippen molar-refractivity contribution in [3.05, 3.63) is 19.8 Å². The van der Waals surface area contributed by atoms with Gasteiger partial charge in [-0.05, 0) is 41.3 Å². The summed E-state index contributed by atoms with van der Waals surface area (Å²) < 4.78 is 7.05. The Hall–Kier alpha value is 0.390. The number of thiophene rings is 1. The number of rotatable bonds is 4. The molecule has 0 amide bonds. The second kappa shape index (κ2) is 4.94. The lowest BCUT2D eigenvalue weighted by Crippen LogP contribution is -2.40. The molecule has 0 bridgehead atoms. The summed E-state index contributed by atoms with van der Waals surface area (Å²) in [4.78, 5) is 0.903. The number of aliphatic hydroxyl groups is 1. The summed E-state index contributed by atoms with van der Waals surface area (Å²) in [5.74, 6) is 0. The predicted octanol–water partition coefficient (Wildman–Crippen LogP) is 4.16. The standard InChI is InChI=1S/C11H14BrClO2S/c1-15-11(3-2-4-11)6-8(14)9-5-7(12)10(13)16-9/h5,8,14H,2-4,6H2,1H3. The number of aliphatic hydroxyl groups excluding tert-OH is 1. The molecule has 1 aromatic rings. The highest BCUT2D eigenvalue weighted by Gasteiger charge is 2.39. The molecule has 2 nitrogen and oxygen atoms in total. The van der Waals surface area contributed by atoms with Gasteiger partial charge in [-0.2, -0.15) is 0 Å². The van der Waals surface area contributed by atoms with Crippen LogP contribution in [-0.2, 0) is 4.74 Å². The van der Waals surface area contributed by atoms with E-state index < -0.39 is 6.10 Å². The number of hydrogen-bond acceptors (Lipinski definition) is 3. The lowest BCUT2D eigenvalue weighted by molar-refractivity contribution is -0.0994. The summed E-state index contributed by atoms with van der Waals surface area (Å²) in [6.07, 6.45) is 3.46. The van der Waals surface area contributed by atoms with Crippen molar-refractivity contribution in [1.82, 2.24) is 0 Å². The molecule has 0 radical (unpaired) electrons. The third-order valence-electron chi connectivity index (χ3n) is 3.26. The Morgan fingerprint density at radius 2 is 2.38 bits per heavy atom. The Morgan fingerprint density at radius 3 is 2.75 bits per heavy atom. The van der Waals surface area contributed by atoms with Gasteiger partial charge >= 0.3 is 0 Å². The quantitative estimate of drug-likeness (QED) is 0.901. The minimum atomic E-state index is -0.478. The van der Waals surface area contributed by atoms with Gasteiger partial charge in [0.15, 0.2) is 0 Å². The number of methoxy groups -OCH3 is 1. The molecule has 0 aliphatic heterocycles. The minimum absolute atomic E-state index is 0.109. The maximum atomic E-state index is 10.1. The minimum Gasteiger partial charge on any atom is -0.387 e. The molecule has 1 unspecified atom stereocenters. The lowest BCUT2D eigenvalue weighted by Gasteiger charge is -2.41. The second-order valence-corrected chi connectivity index (χ2v) is 6.77. The third kappa shape index (κ3) is 2.46. The van der Waals surface area contributed by atoms with E-state index in [-0.39, 0.29) is 5.60 Å². The second-order valence-electron chi connectivity index (χ2n) is 4.23. The average Bonchev–Trinajstić information content (AvgIpc) is 2.53. The van der Waals surface area contributed by atoms with Gasteiger partial charge < -0.3 is 9.84 Å². The van der Waals surface area contributed by atoms with Crippen LogP contribution in [0.3, 0.4) is 0 Å². The molecule has 1 aliphatic carbocycles. The molecule has 0 aromatic carbocycles. The van der Waals surface area contributed by atoms with Crippen molar-refractivity contribution in [2.75, 3.05) is 7.11 Å². The first-order valence-electron chi connectivity index (χ1n) is 5.24. The van der Waals surface area contributed by atoms with Crippen LogP contribution < -0.4 is 0 Å². The normalized spacial score (nSPS) is 20.5. The van der Waals surface area contributed by atoms with Gasteiger partial charge in [0.1, 0.15) is 4.34 Å². The summed E-state index contributed by atoms with van der Waals surface area (Å²) in [6.45, 7) is 0. The molecule has 16 heavy (non-hydrogen) atoms. The summed E-state index contributed by atoms with van der Waals surface area (Å²) in [5.41, 5.74) is -0.109. The van der Waals surface area contributed by atoms with Crippen LogP contribution in [0.2, 0.25) is 4.34 Å². The first-order chi connectivity index (χ1) is 7.56. The number of ether oxygens (including phenoxy) is 1. The van der Waals surface area contributed by atoms with Gasteiger partial charge in [0, 0.05) is 22.9 Å². The fraction of sp³-hybridized carbons (Fsp3) is 0.636. The van der Waals surface area contributed by atoms with Crippen molar-refractivity contribution in [1.29, 1.82) is 0 Å². The Bertz CT molecular complexity index is 351. The maximum Gasteiger partial charge on any atom is 0.107 e. The van der Waals surface area contributed by atoms with Crippen LogP contribution in [0.5, 0.6) is 0 Å². The Balaban J connectivity index is 2.05. The van der Waals surface area contributed by atoms with Crippen LogP contribution in [0, 0.1) is 0 Å². The van der Waals surface area contributed by atoms with E-state index in [1.807, 2.05) is 6.07 Å². The van der Waals surface area contributed by atoms with Crippen LogP contribution in [0.4, 0.5) is 0 Å². The van der Waals surface area contributed by atoms with Crippen LogP contribution in [0.1, 0.15) is 36.7 Å². The molecule has 1 heterocycles. The van der Waals surface area contributed by atoms with E-state index >= 15 is 0 Å².